The van der Waals surface area contributed by atoms with Gasteiger partial charge in [-0.05, 0) is 25.5 Å². The van der Waals surface area contributed by atoms with Crippen LogP contribution in [0.15, 0.2) is 36.9 Å². The number of carbonyl (C=O) groups excluding carboxylic acids is 3. The van der Waals surface area contributed by atoms with Crippen molar-refractivity contribution in [3.8, 4) is 0 Å². The number of aliphatic hydroxyl groups is 1. The van der Waals surface area contributed by atoms with Crippen LogP contribution in [-0.2, 0) is 30.5 Å². The zero-order valence-electron chi connectivity index (χ0n) is 19.8. The SMILES string of the molecule is C=CCN(Cn1nnc2ccccc21)C(=O)C1N(CCO)C(=O)[C@@H]2[C@H](C(=O)OCC)[C@H]3OC12CC3Br. The van der Waals surface area contributed by atoms with E-state index in [1.165, 1.54) is 9.80 Å². The van der Waals surface area contributed by atoms with E-state index in [2.05, 4.69) is 32.8 Å². The molecule has 3 unspecified atom stereocenters. The molecule has 1 aromatic carbocycles. The number of alkyl halides is 1. The van der Waals surface area contributed by atoms with Crippen LogP contribution < -0.4 is 0 Å². The third-order valence-electron chi connectivity index (χ3n) is 7.31. The number of aromatic nitrogens is 3. The molecular weight excluding hydrogens is 534 g/mol. The number of fused-ring (bicyclic) bond motifs is 2. The predicted octanol–water partition coefficient (Wildman–Crippen LogP) is 0.707. The van der Waals surface area contributed by atoms with Gasteiger partial charge >= 0.3 is 5.97 Å². The Kier molecular flexibility index (Phi) is 6.60. The molecule has 3 fully saturated rings. The number of halogens is 1. The Morgan fingerprint density at radius 1 is 1.42 bits per heavy atom. The van der Waals surface area contributed by atoms with Gasteiger partial charge in [0.05, 0.1) is 36.7 Å². The minimum atomic E-state index is -1.22. The number of aliphatic hydroxyl groups excluding tert-OH is 1. The number of hydrogen-bond acceptors (Lipinski definition) is 8. The van der Waals surface area contributed by atoms with E-state index in [0.717, 1.165) is 5.52 Å². The maximum absolute atomic E-state index is 14.2. The van der Waals surface area contributed by atoms with E-state index < -0.39 is 35.6 Å². The van der Waals surface area contributed by atoms with Gasteiger partial charge in [0.25, 0.3) is 0 Å². The molecule has 0 aliphatic carbocycles. The third-order valence-corrected chi connectivity index (χ3v) is 8.15. The van der Waals surface area contributed by atoms with Crippen molar-refractivity contribution in [2.75, 3.05) is 26.3 Å². The molecule has 5 rings (SSSR count). The Morgan fingerprint density at radius 3 is 2.92 bits per heavy atom. The number of para-hydroxylation sites is 1. The summed E-state index contributed by atoms with van der Waals surface area (Å²) in [5, 5.41) is 18.1. The number of carbonyl (C=O) groups is 3. The second kappa shape index (κ2) is 9.56. The first-order valence-electron chi connectivity index (χ1n) is 12.0. The number of esters is 1. The topological polar surface area (TPSA) is 127 Å². The van der Waals surface area contributed by atoms with Gasteiger partial charge in [-0.2, -0.15) is 0 Å². The van der Waals surface area contributed by atoms with E-state index in [1.807, 2.05) is 24.3 Å². The summed E-state index contributed by atoms with van der Waals surface area (Å²) in [6.45, 7) is 5.54. The zero-order chi connectivity index (χ0) is 25.6. The normalized spacial score (nSPS) is 30.6. The van der Waals surface area contributed by atoms with Crippen LogP contribution in [-0.4, -0.2) is 96.6 Å². The first-order valence-corrected chi connectivity index (χ1v) is 12.9. The summed E-state index contributed by atoms with van der Waals surface area (Å²) in [5.74, 6) is -2.97. The van der Waals surface area contributed by atoms with Crippen molar-refractivity contribution in [1.29, 1.82) is 0 Å². The molecule has 2 aromatic rings. The molecule has 3 aliphatic heterocycles. The lowest BCUT2D eigenvalue weighted by atomic mass is 9.70. The lowest BCUT2D eigenvalue weighted by molar-refractivity contribution is -0.155. The van der Waals surface area contributed by atoms with Crippen LogP contribution in [0.3, 0.4) is 0 Å². The van der Waals surface area contributed by atoms with Gasteiger partial charge in [0.1, 0.15) is 23.8 Å². The van der Waals surface area contributed by atoms with Gasteiger partial charge in [-0.3, -0.25) is 14.4 Å². The summed E-state index contributed by atoms with van der Waals surface area (Å²) >= 11 is 3.61. The van der Waals surface area contributed by atoms with Crippen LogP contribution in [0.5, 0.6) is 0 Å². The number of rotatable bonds is 9. The number of ether oxygens (including phenoxy) is 2. The van der Waals surface area contributed by atoms with E-state index in [-0.39, 0.29) is 49.6 Å². The fourth-order valence-electron chi connectivity index (χ4n) is 5.99. The fraction of sp³-hybridized carbons (Fsp3) is 0.542. The van der Waals surface area contributed by atoms with Gasteiger partial charge < -0.3 is 24.4 Å². The highest BCUT2D eigenvalue weighted by atomic mass is 79.9. The van der Waals surface area contributed by atoms with Crippen LogP contribution in [0.4, 0.5) is 0 Å². The van der Waals surface area contributed by atoms with E-state index >= 15 is 0 Å². The molecular formula is C24H28BrN5O6. The third kappa shape index (κ3) is 3.65. The molecule has 192 valence electrons. The Morgan fingerprint density at radius 2 is 2.19 bits per heavy atom. The number of benzene rings is 1. The molecule has 36 heavy (non-hydrogen) atoms. The minimum Gasteiger partial charge on any atom is -0.466 e. The summed E-state index contributed by atoms with van der Waals surface area (Å²) in [6.07, 6.45) is 1.38. The lowest BCUT2D eigenvalue weighted by Crippen LogP contribution is -2.57. The number of amides is 2. The van der Waals surface area contributed by atoms with Crippen LogP contribution in [0.25, 0.3) is 11.0 Å². The molecule has 12 heteroatoms. The monoisotopic (exact) mass is 561 g/mol. The van der Waals surface area contributed by atoms with Crippen molar-refractivity contribution in [1.82, 2.24) is 24.8 Å². The molecule has 1 N–H and O–H groups in total. The number of hydrogen-bond donors (Lipinski definition) is 1. The molecule has 2 bridgehead atoms. The van der Waals surface area contributed by atoms with Gasteiger partial charge in [-0.15, -0.1) is 11.7 Å². The summed E-state index contributed by atoms with van der Waals surface area (Å²) in [4.78, 5) is 43.4. The van der Waals surface area contributed by atoms with Crippen molar-refractivity contribution in [3.63, 3.8) is 0 Å². The Hall–Kier alpha value is -2.83. The summed E-state index contributed by atoms with van der Waals surface area (Å²) < 4.78 is 13.3. The quantitative estimate of drug-likeness (QED) is 0.269. The van der Waals surface area contributed by atoms with Crippen molar-refractivity contribution < 1.29 is 29.0 Å². The molecule has 1 spiro atoms. The second-order valence-electron chi connectivity index (χ2n) is 9.24. The molecule has 2 amide bonds. The highest BCUT2D eigenvalue weighted by Crippen LogP contribution is 2.60. The largest absolute Gasteiger partial charge is 0.466 e. The number of nitrogens with zero attached hydrogens (tertiary/aromatic N) is 5. The Bertz CT molecular complexity index is 1200. The van der Waals surface area contributed by atoms with Crippen molar-refractivity contribution in [2.24, 2.45) is 11.8 Å². The standard InChI is InChI=1S/C24H28BrN5O6/c1-3-9-28(13-30-16-8-6-5-7-15(16)26-27-30)22(33)20-24-12-14(25)19(36-24)17(23(34)35-4-2)18(24)21(32)29(20)10-11-31/h3,5-8,14,17-20,31H,1,4,9-13H2,2H3/t14?,17-,18-,19-,20?,24?/m0/s1. The van der Waals surface area contributed by atoms with Crippen LogP contribution in [0, 0.1) is 11.8 Å². The van der Waals surface area contributed by atoms with E-state index in [9.17, 15) is 19.5 Å². The molecule has 3 saturated heterocycles. The lowest BCUT2D eigenvalue weighted by Gasteiger charge is -2.36. The van der Waals surface area contributed by atoms with E-state index in [1.54, 1.807) is 17.7 Å². The smallest absolute Gasteiger partial charge is 0.312 e. The highest BCUT2D eigenvalue weighted by Gasteiger charge is 2.77. The summed E-state index contributed by atoms with van der Waals surface area (Å²) in [5.41, 5.74) is 0.229. The molecule has 4 heterocycles. The van der Waals surface area contributed by atoms with Crippen LogP contribution >= 0.6 is 15.9 Å². The molecule has 6 atom stereocenters. The molecule has 11 nitrogen and oxygen atoms in total. The highest BCUT2D eigenvalue weighted by molar-refractivity contribution is 9.09. The van der Waals surface area contributed by atoms with Gasteiger partial charge in [0.15, 0.2) is 0 Å². The van der Waals surface area contributed by atoms with Crippen molar-refractivity contribution in [2.45, 2.75) is 42.6 Å². The molecule has 0 saturated carbocycles. The Labute approximate surface area is 216 Å². The van der Waals surface area contributed by atoms with Crippen molar-refractivity contribution in [3.05, 3.63) is 36.9 Å². The number of likely N-dealkylation sites (tertiary alicyclic amines) is 1. The molecule has 0 radical (unpaired) electrons. The molecule has 1 aromatic heterocycles. The maximum Gasteiger partial charge on any atom is 0.312 e. The van der Waals surface area contributed by atoms with Gasteiger partial charge in [0.2, 0.25) is 11.8 Å². The average Bonchev–Trinajstić information content (AvgIpc) is 3.57. The summed E-state index contributed by atoms with van der Waals surface area (Å²) in [6, 6.07) is 6.38. The van der Waals surface area contributed by atoms with Gasteiger partial charge in [0, 0.05) is 17.9 Å². The van der Waals surface area contributed by atoms with E-state index in [4.69, 9.17) is 9.47 Å². The predicted molar refractivity (Wildman–Crippen MR) is 131 cm³/mol. The van der Waals surface area contributed by atoms with Gasteiger partial charge in [-0.1, -0.05) is 39.4 Å². The average molecular weight is 562 g/mol. The molecule has 3 aliphatic rings. The van der Waals surface area contributed by atoms with Crippen molar-refractivity contribution >= 4 is 44.7 Å². The van der Waals surface area contributed by atoms with Gasteiger partial charge in [-0.25, -0.2) is 4.68 Å². The fourth-order valence-corrected chi connectivity index (χ4v) is 6.94. The van der Waals surface area contributed by atoms with E-state index in [0.29, 0.717) is 11.9 Å². The first-order chi connectivity index (χ1) is 17.4. The zero-order valence-corrected chi connectivity index (χ0v) is 21.4. The Balaban J connectivity index is 1.52. The second-order valence-corrected chi connectivity index (χ2v) is 10.4. The van der Waals surface area contributed by atoms with Crippen LogP contribution in [0.1, 0.15) is 13.3 Å². The first kappa shape index (κ1) is 24.8. The summed E-state index contributed by atoms with van der Waals surface area (Å²) in [7, 11) is 0. The maximum atomic E-state index is 14.2. The minimum absolute atomic E-state index is 0.0573. The number of β-amino-alcohol motifs (C(OH)–C–C–N with tert-alkyl or cyclic N) is 1. The van der Waals surface area contributed by atoms with Crippen LogP contribution in [0.2, 0.25) is 0 Å².